The molecular weight excluding hydrogens is 334 g/mol. The molecule has 0 saturated carbocycles. The number of rotatable bonds is 6. The predicted molar refractivity (Wildman–Crippen MR) is 99.9 cm³/mol. The van der Waals surface area contributed by atoms with Gasteiger partial charge in [0.2, 0.25) is 0 Å². The van der Waals surface area contributed by atoms with E-state index in [-0.39, 0.29) is 0 Å². The molecule has 3 nitrogen and oxygen atoms in total. The van der Waals surface area contributed by atoms with Crippen LogP contribution >= 0.6 is 11.6 Å². The van der Waals surface area contributed by atoms with Crippen LogP contribution in [0.1, 0.15) is 11.1 Å². The largest absolute Gasteiger partial charge is 0.457 e. The summed E-state index contributed by atoms with van der Waals surface area (Å²) in [7, 11) is 0. The molecule has 0 aliphatic rings. The van der Waals surface area contributed by atoms with Crippen molar-refractivity contribution in [2.24, 2.45) is 0 Å². The quantitative estimate of drug-likeness (QED) is 0.412. The van der Waals surface area contributed by atoms with E-state index in [4.69, 9.17) is 16.3 Å². The van der Waals surface area contributed by atoms with Crippen molar-refractivity contribution in [3.05, 3.63) is 96.1 Å². The summed E-state index contributed by atoms with van der Waals surface area (Å²) in [5.74, 6) is 1.54. The van der Waals surface area contributed by atoms with Crippen LogP contribution in [0.3, 0.4) is 0 Å². The Morgan fingerprint density at radius 3 is 1.76 bits per heavy atom. The zero-order chi connectivity index (χ0) is 17.5. The lowest BCUT2D eigenvalue weighted by atomic mass is 10.1. The van der Waals surface area contributed by atoms with Gasteiger partial charge in [0.1, 0.15) is 11.5 Å². The average molecular weight is 352 g/mol. The van der Waals surface area contributed by atoms with Crippen LogP contribution in [-0.4, -0.2) is 10.3 Å². The molecule has 0 fully saturated rings. The molecule has 0 aliphatic carbocycles. The Kier molecular flexibility index (Phi) is 5.70. The van der Waals surface area contributed by atoms with Gasteiger partial charge in [-0.2, -0.15) is 0 Å². The smallest absolute Gasteiger partial charge is 0.316 e. The van der Waals surface area contributed by atoms with Gasteiger partial charge in [0, 0.05) is 13.1 Å². The highest BCUT2D eigenvalue weighted by Crippen LogP contribution is 2.22. The Morgan fingerprint density at radius 1 is 0.720 bits per heavy atom. The molecule has 0 radical (unpaired) electrons. The van der Waals surface area contributed by atoms with Crippen LogP contribution in [0.2, 0.25) is 0 Å². The first kappa shape index (κ1) is 17.1. The molecule has 3 rings (SSSR count). The summed E-state index contributed by atoms with van der Waals surface area (Å²) in [4.78, 5) is 13.3. The van der Waals surface area contributed by atoms with Gasteiger partial charge in [-0.25, -0.2) is 0 Å². The van der Waals surface area contributed by atoms with Gasteiger partial charge in [-0.15, -0.1) is 0 Å². The van der Waals surface area contributed by atoms with Crippen molar-refractivity contribution in [1.29, 1.82) is 0 Å². The summed E-state index contributed by atoms with van der Waals surface area (Å²) in [5.41, 5.74) is 2.03. The molecule has 3 aromatic carbocycles. The number of para-hydroxylation sites is 1. The minimum absolute atomic E-state index is 0.447. The van der Waals surface area contributed by atoms with Crippen LogP contribution < -0.4 is 4.74 Å². The Morgan fingerprint density at radius 2 is 1.20 bits per heavy atom. The molecule has 0 aliphatic heterocycles. The molecule has 0 saturated heterocycles. The Hall–Kier alpha value is -2.78. The fourth-order valence-corrected chi connectivity index (χ4v) is 2.61. The maximum atomic E-state index is 11.7. The molecule has 25 heavy (non-hydrogen) atoms. The third-order valence-corrected chi connectivity index (χ3v) is 3.98. The van der Waals surface area contributed by atoms with E-state index in [9.17, 15) is 4.79 Å². The standard InChI is InChI=1S/C21H18ClNO2/c22-21(24)23(15-17-7-3-1-4-8-17)16-18-11-13-20(14-12-18)25-19-9-5-2-6-10-19/h1-14H,15-16H2. The SMILES string of the molecule is O=C(Cl)N(Cc1ccccc1)Cc1ccc(Oc2ccccc2)cc1. The second kappa shape index (κ2) is 8.36. The number of halogens is 1. The molecule has 0 bridgehead atoms. The highest BCUT2D eigenvalue weighted by molar-refractivity contribution is 6.62. The molecule has 0 N–H and O–H groups in total. The lowest BCUT2D eigenvalue weighted by molar-refractivity contribution is 0.216. The molecular formula is C21H18ClNO2. The summed E-state index contributed by atoms with van der Waals surface area (Å²) in [6.45, 7) is 0.925. The van der Waals surface area contributed by atoms with E-state index in [2.05, 4.69) is 0 Å². The normalized spacial score (nSPS) is 10.3. The average Bonchev–Trinajstić information content (AvgIpc) is 2.64. The number of amides is 1. The predicted octanol–water partition coefficient (Wildman–Crippen LogP) is 5.84. The molecule has 0 spiro atoms. The van der Waals surface area contributed by atoms with Gasteiger partial charge in [0.05, 0.1) is 0 Å². The summed E-state index contributed by atoms with van der Waals surface area (Å²) >= 11 is 5.74. The molecule has 0 aromatic heterocycles. The van der Waals surface area contributed by atoms with Crippen molar-refractivity contribution in [3.8, 4) is 11.5 Å². The van der Waals surface area contributed by atoms with E-state index in [1.54, 1.807) is 4.90 Å². The topological polar surface area (TPSA) is 29.5 Å². The van der Waals surface area contributed by atoms with E-state index in [0.717, 1.165) is 22.6 Å². The second-order valence-electron chi connectivity index (χ2n) is 5.65. The minimum atomic E-state index is -0.464. The van der Waals surface area contributed by atoms with E-state index in [1.807, 2.05) is 84.9 Å². The van der Waals surface area contributed by atoms with Gasteiger partial charge in [-0.05, 0) is 47.0 Å². The minimum Gasteiger partial charge on any atom is -0.457 e. The summed E-state index contributed by atoms with van der Waals surface area (Å²) in [5, 5.41) is -0.464. The Labute approximate surface area is 152 Å². The van der Waals surface area contributed by atoms with Crippen LogP contribution in [0.5, 0.6) is 11.5 Å². The highest BCUT2D eigenvalue weighted by atomic mass is 35.5. The number of carbonyl (C=O) groups excluding carboxylic acids is 1. The first-order valence-electron chi connectivity index (χ1n) is 8.01. The van der Waals surface area contributed by atoms with Gasteiger partial charge in [0.25, 0.3) is 0 Å². The molecule has 3 aromatic rings. The fraction of sp³-hybridized carbons (Fsp3) is 0.0952. The summed E-state index contributed by atoms with van der Waals surface area (Å²) < 4.78 is 5.77. The first-order valence-corrected chi connectivity index (χ1v) is 8.39. The number of nitrogens with zero attached hydrogens (tertiary/aromatic N) is 1. The molecule has 0 heterocycles. The van der Waals surface area contributed by atoms with Gasteiger partial charge in [-0.3, -0.25) is 4.79 Å². The molecule has 1 amide bonds. The number of benzene rings is 3. The van der Waals surface area contributed by atoms with Gasteiger partial charge in [-0.1, -0.05) is 60.7 Å². The first-order chi connectivity index (χ1) is 12.2. The third kappa shape index (κ3) is 5.10. The fourth-order valence-electron chi connectivity index (χ4n) is 2.49. The highest BCUT2D eigenvalue weighted by Gasteiger charge is 2.12. The van der Waals surface area contributed by atoms with Crippen LogP contribution in [0, 0.1) is 0 Å². The van der Waals surface area contributed by atoms with Gasteiger partial charge >= 0.3 is 5.37 Å². The molecule has 4 heteroatoms. The number of hydrogen-bond acceptors (Lipinski definition) is 2. The number of hydrogen-bond donors (Lipinski definition) is 0. The zero-order valence-electron chi connectivity index (χ0n) is 13.6. The zero-order valence-corrected chi connectivity index (χ0v) is 14.4. The van der Waals surface area contributed by atoms with Crippen molar-refractivity contribution in [2.75, 3.05) is 0 Å². The van der Waals surface area contributed by atoms with Crippen LogP contribution in [0.4, 0.5) is 4.79 Å². The monoisotopic (exact) mass is 351 g/mol. The van der Waals surface area contributed by atoms with Gasteiger partial charge < -0.3 is 9.64 Å². The molecule has 0 unspecified atom stereocenters. The van der Waals surface area contributed by atoms with Crippen molar-refractivity contribution in [1.82, 2.24) is 4.90 Å². The molecule has 0 atom stereocenters. The van der Waals surface area contributed by atoms with Crippen molar-refractivity contribution in [2.45, 2.75) is 13.1 Å². The lowest BCUT2D eigenvalue weighted by Crippen LogP contribution is -2.25. The van der Waals surface area contributed by atoms with Crippen LogP contribution in [-0.2, 0) is 13.1 Å². The second-order valence-corrected chi connectivity index (χ2v) is 5.98. The number of carbonyl (C=O) groups is 1. The van der Waals surface area contributed by atoms with Crippen molar-refractivity contribution < 1.29 is 9.53 Å². The molecule has 126 valence electrons. The van der Waals surface area contributed by atoms with Crippen LogP contribution in [0.25, 0.3) is 0 Å². The van der Waals surface area contributed by atoms with Gasteiger partial charge in [0.15, 0.2) is 0 Å². The summed E-state index contributed by atoms with van der Waals surface area (Å²) in [6, 6.07) is 27.1. The maximum absolute atomic E-state index is 11.7. The van der Waals surface area contributed by atoms with Crippen LogP contribution in [0.15, 0.2) is 84.9 Å². The summed E-state index contributed by atoms with van der Waals surface area (Å²) in [6.07, 6.45) is 0. The third-order valence-electron chi connectivity index (χ3n) is 3.74. The van der Waals surface area contributed by atoms with Crippen molar-refractivity contribution in [3.63, 3.8) is 0 Å². The number of ether oxygens (including phenoxy) is 1. The maximum Gasteiger partial charge on any atom is 0.316 e. The van der Waals surface area contributed by atoms with E-state index in [1.165, 1.54) is 0 Å². The van der Waals surface area contributed by atoms with Crippen molar-refractivity contribution >= 4 is 17.0 Å². The lowest BCUT2D eigenvalue weighted by Gasteiger charge is -2.20. The Balaban J connectivity index is 1.65. The Bertz CT molecular complexity index is 804. The van der Waals surface area contributed by atoms with E-state index < -0.39 is 5.37 Å². The van der Waals surface area contributed by atoms with E-state index >= 15 is 0 Å². The van der Waals surface area contributed by atoms with E-state index in [0.29, 0.717) is 13.1 Å².